The number of rotatable bonds is 5. The Morgan fingerprint density at radius 3 is 2.85 bits per heavy atom. The van der Waals surface area contributed by atoms with Crippen LogP contribution in [0.3, 0.4) is 0 Å². The quantitative estimate of drug-likeness (QED) is 0.853. The lowest BCUT2D eigenvalue weighted by molar-refractivity contribution is -0.126. The number of nitrogens with one attached hydrogen (secondary N) is 2. The zero-order chi connectivity index (χ0) is 14.4. The summed E-state index contributed by atoms with van der Waals surface area (Å²) in [6, 6.07) is 10.4. The van der Waals surface area contributed by atoms with Gasteiger partial charge < -0.3 is 10.6 Å². The van der Waals surface area contributed by atoms with Crippen molar-refractivity contribution in [3.8, 4) is 0 Å². The molecule has 1 amide bonds. The van der Waals surface area contributed by atoms with Crippen LogP contribution in [0.2, 0.25) is 0 Å². The van der Waals surface area contributed by atoms with Gasteiger partial charge in [-0.25, -0.2) is 0 Å². The second kappa shape index (κ2) is 7.41. The summed E-state index contributed by atoms with van der Waals surface area (Å²) in [5.74, 6) is 0.122. The second-order valence-corrected chi connectivity index (χ2v) is 5.63. The molecule has 0 aliphatic carbocycles. The number of benzene rings is 1. The first-order chi connectivity index (χ1) is 9.66. The minimum absolute atomic E-state index is 0.114. The highest BCUT2D eigenvalue weighted by atomic mass is 16.2. The van der Waals surface area contributed by atoms with Gasteiger partial charge in [-0.1, -0.05) is 30.3 Å². The monoisotopic (exact) mass is 275 g/mol. The van der Waals surface area contributed by atoms with E-state index in [-0.39, 0.29) is 18.0 Å². The highest BCUT2D eigenvalue weighted by molar-refractivity contribution is 5.81. The van der Waals surface area contributed by atoms with Gasteiger partial charge in [0.1, 0.15) is 0 Å². The van der Waals surface area contributed by atoms with E-state index in [9.17, 15) is 4.79 Å². The van der Waals surface area contributed by atoms with Gasteiger partial charge in [0.2, 0.25) is 5.91 Å². The van der Waals surface area contributed by atoms with Crippen molar-refractivity contribution in [2.24, 2.45) is 0 Å². The van der Waals surface area contributed by atoms with Crippen LogP contribution in [-0.2, 0) is 11.3 Å². The maximum absolute atomic E-state index is 12.3. The molecule has 4 nitrogen and oxygen atoms in total. The van der Waals surface area contributed by atoms with Gasteiger partial charge in [0.25, 0.3) is 0 Å². The SMILES string of the molecule is CC(C(=O)N[C@H]1CCCNC1)N(C)Cc1ccccc1. The standard InChI is InChI=1S/C16H25N3O/c1-13(16(20)18-15-9-6-10-17-11-15)19(2)12-14-7-4-3-5-8-14/h3-5,7-8,13,15,17H,6,9-12H2,1-2H3,(H,18,20)/t13?,15-/m0/s1. The summed E-state index contributed by atoms with van der Waals surface area (Å²) in [4.78, 5) is 14.3. The zero-order valence-corrected chi connectivity index (χ0v) is 12.4. The van der Waals surface area contributed by atoms with Crippen LogP contribution in [0.5, 0.6) is 0 Å². The molecule has 0 radical (unpaired) electrons. The number of nitrogens with zero attached hydrogens (tertiary/aromatic N) is 1. The first-order valence-corrected chi connectivity index (χ1v) is 7.42. The summed E-state index contributed by atoms with van der Waals surface area (Å²) >= 11 is 0. The molecule has 1 saturated heterocycles. The lowest BCUT2D eigenvalue weighted by atomic mass is 10.1. The van der Waals surface area contributed by atoms with Crippen LogP contribution in [-0.4, -0.2) is 43.0 Å². The predicted molar refractivity (Wildman–Crippen MR) is 81.4 cm³/mol. The lowest BCUT2D eigenvalue weighted by Crippen LogP contribution is -2.51. The second-order valence-electron chi connectivity index (χ2n) is 5.63. The Balaban J connectivity index is 1.82. The Hall–Kier alpha value is -1.39. The molecular weight excluding hydrogens is 250 g/mol. The number of amides is 1. The fourth-order valence-electron chi connectivity index (χ4n) is 2.51. The molecule has 0 saturated carbocycles. The Labute approximate surface area is 121 Å². The first-order valence-electron chi connectivity index (χ1n) is 7.42. The number of hydrogen-bond acceptors (Lipinski definition) is 3. The van der Waals surface area contributed by atoms with Crippen molar-refractivity contribution in [2.45, 2.75) is 38.4 Å². The van der Waals surface area contributed by atoms with Crippen LogP contribution in [0.4, 0.5) is 0 Å². The Morgan fingerprint density at radius 2 is 2.20 bits per heavy atom. The van der Waals surface area contributed by atoms with Gasteiger partial charge in [-0.15, -0.1) is 0 Å². The number of hydrogen-bond donors (Lipinski definition) is 2. The molecule has 110 valence electrons. The largest absolute Gasteiger partial charge is 0.351 e. The van der Waals surface area contributed by atoms with Crippen molar-refractivity contribution in [1.29, 1.82) is 0 Å². The van der Waals surface area contributed by atoms with E-state index in [4.69, 9.17) is 0 Å². The summed E-state index contributed by atoms with van der Waals surface area (Å²) in [5, 5.41) is 6.46. The van der Waals surface area contributed by atoms with Crippen molar-refractivity contribution in [3.63, 3.8) is 0 Å². The average Bonchev–Trinajstić information content (AvgIpc) is 2.48. The molecule has 2 N–H and O–H groups in total. The average molecular weight is 275 g/mol. The van der Waals surface area contributed by atoms with Crippen molar-refractivity contribution < 1.29 is 4.79 Å². The molecule has 1 fully saturated rings. The van der Waals surface area contributed by atoms with Crippen molar-refractivity contribution in [3.05, 3.63) is 35.9 Å². The third-order valence-electron chi connectivity index (χ3n) is 3.96. The summed E-state index contributed by atoms with van der Waals surface area (Å²) in [7, 11) is 2.00. The number of carbonyl (C=O) groups is 1. The molecule has 0 aromatic heterocycles. The molecule has 2 rings (SSSR count). The fraction of sp³-hybridized carbons (Fsp3) is 0.562. The smallest absolute Gasteiger partial charge is 0.237 e. The third-order valence-corrected chi connectivity index (χ3v) is 3.96. The van der Waals surface area contributed by atoms with Crippen LogP contribution in [0.25, 0.3) is 0 Å². The normalized spacial score (nSPS) is 20.6. The third kappa shape index (κ3) is 4.32. The Kier molecular flexibility index (Phi) is 5.56. The van der Waals surface area contributed by atoms with Crippen LogP contribution in [0.15, 0.2) is 30.3 Å². The van der Waals surface area contributed by atoms with E-state index in [0.717, 1.165) is 32.5 Å². The number of piperidine rings is 1. The summed E-state index contributed by atoms with van der Waals surface area (Å²) in [6.07, 6.45) is 2.22. The molecule has 1 aromatic carbocycles. The molecule has 1 aliphatic rings. The Morgan fingerprint density at radius 1 is 1.45 bits per heavy atom. The summed E-state index contributed by atoms with van der Waals surface area (Å²) < 4.78 is 0. The maximum atomic E-state index is 12.3. The van der Waals surface area contributed by atoms with E-state index in [1.54, 1.807) is 0 Å². The maximum Gasteiger partial charge on any atom is 0.237 e. The highest BCUT2D eigenvalue weighted by Gasteiger charge is 2.22. The van der Waals surface area contributed by atoms with Gasteiger partial charge in [0.15, 0.2) is 0 Å². The molecule has 1 aliphatic heterocycles. The fourth-order valence-corrected chi connectivity index (χ4v) is 2.51. The topological polar surface area (TPSA) is 44.4 Å². The minimum Gasteiger partial charge on any atom is -0.351 e. The Bertz CT molecular complexity index is 415. The van der Waals surface area contributed by atoms with E-state index < -0.39 is 0 Å². The molecule has 20 heavy (non-hydrogen) atoms. The molecule has 1 aromatic rings. The highest BCUT2D eigenvalue weighted by Crippen LogP contribution is 2.07. The van der Waals surface area contributed by atoms with Crippen molar-refractivity contribution >= 4 is 5.91 Å². The lowest BCUT2D eigenvalue weighted by Gasteiger charge is -2.28. The van der Waals surface area contributed by atoms with Gasteiger partial charge in [-0.3, -0.25) is 9.69 Å². The van der Waals surface area contributed by atoms with Gasteiger partial charge in [0, 0.05) is 19.1 Å². The van der Waals surface area contributed by atoms with Crippen LogP contribution < -0.4 is 10.6 Å². The van der Waals surface area contributed by atoms with E-state index >= 15 is 0 Å². The molecule has 0 spiro atoms. The van der Waals surface area contributed by atoms with E-state index in [1.165, 1.54) is 5.56 Å². The van der Waals surface area contributed by atoms with Gasteiger partial charge in [0.05, 0.1) is 6.04 Å². The molecule has 1 unspecified atom stereocenters. The number of carbonyl (C=O) groups excluding carboxylic acids is 1. The van der Waals surface area contributed by atoms with Crippen LogP contribution >= 0.6 is 0 Å². The van der Waals surface area contributed by atoms with Crippen LogP contribution in [0, 0.1) is 0 Å². The molecule has 0 bridgehead atoms. The van der Waals surface area contributed by atoms with E-state index in [1.807, 2.05) is 32.2 Å². The van der Waals surface area contributed by atoms with Crippen molar-refractivity contribution in [1.82, 2.24) is 15.5 Å². The molecule has 2 atom stereocenters. The van der Waals surface area contributed by atoms with Gasteiger partial charge in [-0.2, -0.15) is 0 Å². The minimum atomic E-state index is -0.114. The van der Waals surface area contributed by atoms with Crippen molar-refractivity contribution in [2.75, 3.05) is 20.1 Å². The van der Waals surface area contributed by atoms with E-state index in [2.05, 4.69) is 27.7 Å². The summed E-state index contributed by atoms with van der Waals surface area (Å²) in [6.45, 7) is 4.71. The van der Waals surface area contributed by atoms with E-state index in [0.29, 0.717) is 0 Å². The molecule has 1 heterocycles. The summed E-state index contributed by atoms with van der Waals surface area (Å²) in [5.41, 5.74) is 1.23. The molecular formula is C16H25N3O. The number of likely N-dealkylation sites (N-methyl/N-ethyl adjacent to an activating group) is 1. The van der Waals surface area contributed by atoms with Gasteiger partial charge in [-0.05, 0) is 38.9 Å². The first kappa shape index (κ1) is 15.0. The van der Waals surface area contributed by atoms with Crippen LogP contribution in [0.1, 0.15) is 25.3 Å². The molecule has 4 heteroatoms. The van der Waals surface area contributed by atoms with Gasteiger partial charge >= 0.3 is 0 Å². The predicted octanol–water partition coefficient (Wildman–Crippen LogP) is 1.38. The zero-order valence-electron chi connectivity index (χ0n) is 12.4.